The minimum atomic E-state index is -1.99. The van der Waals surface area contributed by atoms with Crippen LogP contribution in [0.4, 0.5) is 0 Å². The van der Waals surface area contributed by atoms with Gasteiger partial charge in [-0.05, 0) is 89.9 Å². The second kappa shape index (κ2) is 76.4. The highest BCUT2D eigenvalue weighted by atomic mass is 16.8. The lowest BCUT2D eigenvalue weighted by atomic mass is 9.96. The molecule has 0 bridgehead atoms. The summed E-state index contributed by atoms with van der Waals surface area (Å²) in [5, 5.41) is 121. The summed E-state index contributed by atoms with van der Waals surface area (Å²) < 4.78 is 34.5. The number of aliphatic hydroxyl groups is 11. The zero-order valence-corrected chi connectivity index (χ0v) is 73.7. The molecule has 0 aromatic heterocycles. The summed E-state index contributed by atoms with van der Waals surface area (Å²) in [6.45, 7) is 1.65. The Hall–Kier alpha value is -3.29. The van der Waals surface area contributed by atoms with Crippen LogP contribution in [-0.2, 0) is 33.2 Å². The van der Waals surface area contributed by atoms with Gasteiger partial charge in [-0.3, -0.25) is 4.79 Å². The lowest BCUT2D eigenvalue weighted by molar-refractivity contribution is -0.379. The first-order chi connectivity index (χ1) is 57.3. The Morgan fingerprint density at radius 1 is 0.316 bits per heavy atom. The van der Waals surface area contributed by atoms with Gasteiger partial charge in [0.1, 0.15) is 73.2 Å². The van der Waals surface area contributed by atoms with Gasteiger partial charge in [-0.15, -0.1) is 0 Å². The fraction of sp³-hybridized carbons (Fsp3) is 0.827. The molecule has 3 heterocycles. The van der Waals surface area contributed by atoms with Crippen LogP contribution < -0.4 is 5.32 Å². The van der Waals surface area contributed by atoms with Crippen molar-refractivity contribution in [1.29, 1.82) is 0 Å². The van der Waals surface area contributed by atoms with Crippen molar-refractivity contribution in [1.82, 2.24) is 5.32 Å². The number of rotatable bonds is 78. The number of aliphatic hydroxyl groups excluding tert-OH is 11. The smallest absolute Gasteiger partial charge is 0.220 e. The molecule has 3 rings (SSSR count). The van der Waals surface area contributed by atoms with Crippen molar-refractivity contribution in [3.63, 3.8) is 0 Å². The fourth-order valence-corrected chi connectivity index (χ4v) is 15.8. The molecular formula is C98H175NO18. The van der Waals surface area contributed by atoms with Gasteiger partial charge in [-0.25, -0.2) is 0 Å². The van der Waals surface area contributed by atoms with Crippen molar-refractivity contribution in [2.45, 2.75) is 491 Å². The van der Waals surface area contributed by atoms with Gasteiger partial charge < -0.3 is 89.9 Å². The monoisotopic (exact) mass is 1650 g/mol. The maximum absolute atomic E-state index is 13.5. The summed E-state index contributed by atoms with van der Waals surface area (Å²) in [4.78, 5) is 13.5. The molecule has 1 amide bonds. The van der Waals surface area contributed by atoms with Crippen molar-refractivity contribution < 1.29 is 89.4 Å². The third-order valence-electron chi connectivity index (χ3n) is 23.3. The molecule has 17 unspecified atom stereocenters. The van der Waals surface area contributed by atoms with Crippen LogP contribution in [0.5, 0.6) is 0 Å². The molecule has 0 aromatic rings. The standard InChI is InChI=1S/C98H175NO18/c1-3-5-7-9-11-13-15-17-19-21-23-25-27-29-31-33-35-37-38-39-40-41-42-44-46-48-50-52-54-56-58-60-62-64-66-68-70-72-74-76-86(104)99-81(82(103)75-73-71-69-67-65-63-61-59-57-55-53-51-49-47-45-43-36-34-32-30-28-26-24-22-20-18-16-14-12-10-8-6-4-2)80-112-96-92(110)89(107)94(84(78-101)114-96)117-98-93(111)90(108)95(85(79-102)115-98)116-97-91(109)88(106)87(105)83(77-100)113-97/h5,7,11,13,17,19,23,25,29,31,57,59,65,67,73,75,81-85,87-98,100-103,105-111H,3-4,6,8-10,12,14-16,18,20-22,24,26-28,30,32-56,58,60-64,66,68-72,74,76-80H2,1-2H3,(H,99,104)/b7-5-,13-11-,19-17-,25-23-,31-29-,59-57+,67-65+,75-73+. The van der Waals surface area contributed by atoms with Crippen LogP contribution in [0.3, 0.4) is 0 Å². The van der Waals surface area contributed by atoms with Crippen LogP contribution in [0.1, 0.15) is 386 Å². The van der Waals surface area contributed by atoms with Crippen LogP contribution in [0.15, 0.2) is 97.2 Å². The first kappa shape index (κ1) is 108. The van der Waals surface area contributed by atoms with Crippen molar-refractivity contribution >= 4 is 5.91 Å². The quantitative estimate of drug-likeness (QED) is 0.0199. The van der Waals surface area contributed by atoms with E-state index in [9.17, 15) is 61.0 Å². The molecule has 3 fully saturated rings. The molecule has 0 radical (unpaired) electrons. The Morgan fingerprint density at radius 3 is 0.957 bits per heavy atom. The largest absolute Gasteiger partial charge is 0.394 e. The van der Waals surface area contributed by atoms with Crippen molar-refractivity contribution in [3.05, 3.63) is 97.2 Å². The van der Waals surface area contributed by atoms with Crippen LogP contribution in [0.2, 0.25) is 0 Å². The van der Waals surface area contributed by atoms with Crippen LogP contribution in [0.25, 0.3) is 0 Å². The van der Waals surface area contributed by atoms with Gasteiger partial charge in [0, 0.05) is 6.42 Å². The predicted octanol–water partition coefficient (Wildman–Crippen LogP) is 19.4. The third kappa shape index (κ3) is 54.2. The molecule has 0 aliphatic carbocycles. The predicted molar refractivity (Wildman–Crippen MR) is 475 cm³/mol. The van der Waals surface area contributed by atoms with Gasteiger partial charge in [-0.2, -0.15) is 0 Å². The number of nitrogens with one attached hydrogen (secondary N) is 1. The zero-order chi connectivity index (χ0) is 84.5. The Balaban J connectivity index is 1.31. The molecule has 19 heteroatoms. The summed E-state index contributed by atoms with van der Waals surface area (Å²) in [6, 6.07) is -1.00. The molecule has 680 valence electrons. The summed E-state index contributed by atoms with van der Waals surface area (Å²) >= 11 is 0. The van der Waals surface area contributed by atoms with Crippen LogP contribution in [0, 0.1) is 0 Å². The lowest BCUT2D eigenvalue weighted by Gasteiger charge is -2.48. The number of hydrogen-bond donors (Lipinski definition) is 12. The Morgan fingerprint density at radius 2 is 0.598 bits per heavy atom. The number of ether oxygens (including phenoxy) is 6. The third-order valence-corrected chi connectivity index (χ3v) is 23.3. The molecule has 3 aliphatic rings. The molecule has 0 aromatic carbocycles. The molecule has 117 heavy (non-hydrogen) atoms. The number of unbranched alkanes of at least 4 members (excludes halogenated alkanes) is 48. The average molecular weight is 1660 g/mol. The normalized spacial score (nSPS) is 24.8. The van der Waals surface area contributed by atoms with E-state index in [2.05, 4.69) is 104 Å². The van der Waals surface area contributed by atoms with Crippen LogP contribution in [-0.4, -0.2) is 193 Å². The van der Waals surface area contributed by atoms with E-state index in [1.807, 2.05) is 6.08 Å². The molecule has 17 atom stereocenters. The highest BCUT2D eigenvalue weighted by molar-refractivity contribution is 5.76. The Bertz CT molecular complexity index is 2490. The van der Waals surface area contributed by atoms with Gasteiger partial charge in [0.25, 0.3) is 0 Å². The summed E-state index contributed by atoms with van der Waals surface area (Å²) in [5.41, 5.74) is 0. The number of hydrogen-bond acceptors (Lipinski definition) is 18. The highest BCUT2D eigenvalue weighted by Gasteiger charge is 2.54. The second-order valence-corrected chi connectivity index (χ2v) is 33.8. The van der Waals surface area contributed by atoms with Gasteiger partial charge in [0.05, 0.1) is 38.6 Å². The summed E-state index contributed by atoms with van der Waals surface area (Å²) in [6.07, 6.45) is 80.1. The highest BCUT2D eigenvalue weighted by Crippen LogP contribution is 2.34. The van der Waals surface area contributed by atoms with Crippen molar-refractivity contribution in [3.8, 4) is 0 Å². The minimum absolute atomic E-state index is 0.232. The maximum atomic E-state index is 13.5. The van der Waals surface area contributed by atoms with Gasteiger partial charge in [-0.1, -0.05) is 387 Å². The van der Waals surface area contributed by atoms with E-state index in [4.69, 9.17) is 28.4 Å². The Labute approximate surface area is 711 Å². The molecule has 12 N–H and O–H groups in total. The molecule has 3 aliphatic heterocycles. The molecule has 0 spiro atoms. The first-order valence-electron chi connectivity index (χ1n) is 48.0. The zero-order valence-electron chi connectivity index (χ0n) is 73.7. The van der Waals surface area contributed by atoms with E-state index >= 15 is 0 Å². The number of allylic oxidation sites excluding steroid dienone is 15. The van der Waals surface area contributed by atoms with Crippen molar-refractivity contribution in [2.75, 3.05) is 26.4 Å². The second-order valence-electron chi connectivity index (χ2n) is 33.8. The number of carbonyl (C=O) groups excluding carboxylic acids is 1. The molecule has 19 nitrogen and oxygen atoms in total. The molecule has 3 saturated heterocycles. The van der Waals surface area contributed by atoms with Gasteiger partial charge in [0.15, 0.2) is 18.9 Å². The minimum Gasteiger partial charge on any atom is -0.394 e. The SMILES string of the molecule is CC/C=C\C/C=C\C/C=C\C/C=C\C/C=C\CCCCCCCCCCCCCCCCCCCCCCCCCC(=O)NC(COC1OC(CO)C(OC2OC(CO)C(OC3OC(CO)C(O)C(O)C3O)C(O)C2O)C(O)C1O)C(O)/C=C/CC/C=C/CC/C=C/CCCCCCCCCCCCCCCCCCCCCCCCC. The summed E-state index contributed by atoms with van der Waals surface area (Å²) in [7, 11) is 0. The molecular weight excluding hydrogens is 1480 g/mol. The number of amides is 1. The first-order valence-corrected chi connectivity index (χ1v) is 48.0. The van der Waals surface area contributed by atoms with E-state index in [1.165, 1.54) is 276 Å². The summed E-state index contributed by atoms with van der Waals surface area (Å²) in [5.74, 6) is -0.284. The Kier molecular flexibility index (Phi) is 70.4. The number of carbonyl (C=O) groups is 1. The maximum Gasteiger partial charge on any atom is 0.220 e. The van der Waals surface area contributed by atoms with E-state index in [0.29, 0.717) is 12.8 Å². The topological polar surface area (TPSA) is 307 Å². The lowest BCUT2D eigenvalue weighted by Crippen LogP contribution is -2.66. The van der Waals surface area contributed by atoms with E-state index in [1.54, 1.807) is 6.08 Å². The van der Waals surface area contributed by atoms with E-state index < -0.39 is 124 Å². The van der Waals surface area contributed by atoms with E-state index in [0.717, 1.165) is 77.0 Å². The van der Waals surface area contributed by atoms with Crippen LogP contribution >= 0.6 is 0 Å². The van der Waals surface area contributed by atoms with Gasteiger partial charge >= 0.3 is 0 Å². The fourth-order valence-electron chi connectivity index (χ4n) is 15.8. The van der Waals surface area contributed by atoms with Gasteiger partial charge in [0.2, 0.25) is 5.91 Å². The molecule has 0 saturated carbocycles. The average Bonchev–Trinajstić information content (AvgIpc) is 0.777. The van der Waals surface area contributed by atoms with E-state index in [-0.39, 0.29) is 18.9 Å². The van der Waals surface area contributed by atoms with Crippen molar-refractivity contribution in [2.24, 2.45) is 0 Å².